The molecule has 0 bridgehead atoms. The molecular weight excluding hydrogens is 392 g/mol. The Morgan fingerprint density at radius 3 is 2.68 bits per heavy atom. The summed E-state index contributed by atoms with van der Waals surface area (Å²) in [6, 6.07) is 14.9. The number of nitrogens with zero attached hydrogens (tertiary/aromatic N) is 1. The summed E-state index contributed by atoms with van der Waals surface area (Å²) in [5.41, 5.74) is 1.39. The molecule has 0 unspecified atom stereocenters. The van der Waals surface area contributed by atoms with Gasteiger partial charge < -0.3 is 14.8 Å². The SMILES string of the molecule is COc1cccc(/C=C2/Oc3ccccc3N(CC(=O)NC3CCCCCC3)C2=O)c1. The first-order valence-corrected chi connectivity index (χ1v) is 10.9. The number of amides is 2. The molecule has 4 rings (SSSR count). The number of carbonyl (C=O) groups excluding carboxylic acids is 2. The first kappa shape index (κ1) is 21.0. The van der Waals surface area contributed by atoms with E-state index in [1.54, 1.807) is 25.3 Å². The summed E-state index contributed by atoms with van der Waals surface area (Å²) in [5.74, 6) is 0.945. The van der Waals surface area contributed by atoms with Crippen LogP contribution in [0.3, 0.4) is 0 Å². The minimum Gasteiger partial charge on any atom is -0.497 e. The lowest BCUT2D eigenvalue weighted by molar-refractivity contribution is -0.124. The van der Waals surface area contributed by atoms with Gasteiger partial charge in [0.05, 0.1) is 12.8 Å². The summed E-state index contributed by atoms with van der Waals surface area (Å²) >= 11 is 0. The second kappa shape index (κ2) is 9.69. The zero-order valence-corrected chi connectivity index (χ0v) is 17.8. The second-order valence-electron chi connectivity index (χ2n) is 8.00. The molecule has 162 valence electrons. The van der Waals surface area contributed by atoms with Crippen molar-refractivity contribution in [2.24, 2.45) is 0 Å². The molecule has 0 spiro atoms. The van der Waals surface area contributed by atoms with E-state index in [2.05, 4.69) is 5.32 Å². The molecule has 1 aliphatic carbocycles. The number of para-hydroxylation sites is 2. The van der Waals surface area contributed by atoms with Gasteiger partial charge in [0.25, 0.3) is 5.91 Å². The van der Waals surface area contributed by atoms with Crippen LogP contribution in [0.5, 0.6) is 11.5 Å². The van der Waals surface area contributed by atoms with Crippen LogP contribution in [-0.4, -0.2) is 31.5 Å². The Labute approximate surface area is 182 Å². The largest absolute Gasteiger partial charge is 0.497 e. The highest BCUT2D eigenvalue weighted by molar-refractivity contribution is 6.12. The Balaban J connectivity index is 1.56. The van der Waals surface area contributed by atoms with Crippen LogP contribution in [-0.2, 0) is 9.59 Å². The number of rotatable bonds is 5. The number of methoxy groups -OCH3 is 1. The molecule has 0 atom stereocenters. The molecule has 0 radical (unpaired) electrons. The fraction of sp³-hybridized carbons (Fsp3) is 0.360. The first-order chi connectivity index (χ1) is 15.1. The van der Waals surface area contributed by atoms with Crippen LogP contribution >= 0.6 is 0 Å². The van der Waals surface area contributed by atoms with Gasteiger partial charge in [0.1, 0.15) is 12.3 Å². The number of benzene rings is 2. The van der Waals surface area contributed by atoms with Crippen LogP contribution in [0.15, 0.2) is 54.3 Å². The molecule has 1 aliphatic heterocycles. The second-order valence-corrected chi connectivity index (χ2v) is 8.00. The smallest absolute Gasteiger partial charge is 0.294 e. The maximum Gasteiger partial charge on any atom is 0.294 e. The van der Waals surface area contributed by atoms with Crippen molar-refractivity contribution in [2.45, 2.75) is 44.6 Å². The lowest BCUT2D eigenvalue weighted by Crippen LogP contribution is -2.46. The van der Waals surface area contributed by atoms with Crippen LogP contribution in [0.4, 0.5) is 5.69 Å². The predicted octanol–water partition coefficient (Wildman–Crippen LogP) is 4.30. The number of hydrogen-bond donors (Lipinski definition) is 1. The maximum absolute atomic E-state index is 13.3. The molecule has 31 heavy (non-hydrogen) atoms. The summed E-state index contributed by atoms with van der Waals surface area (Å²) in [5, 5.41) is 3.13. The molecule has 1 saturated carbocycles. The highest BCUT2D eigenvalue weighted by atomic mass is 16.5. The molecule has 0 aromatic heterocycles. The third-order valence-electron chi connectivity index (χ3n) is 5.75. The normalized spacial score (nSPS) is 18.2. The van der Waals surface area contributed by atoms with Crippen molar-refractivity contribution >= 4 is 23.6 Å². The number of hydrogen-bond acceptors (Lipinski definition) is 4. The van der Waals surface area contributed by atoms with Crippen LogP contribution < -0.4 is 19.7 Å². The molecule has 0 saturated heterocycles. The van der Waals surface area contributed by atoms with Gasteiger partial charge in [-0.1, -0.05) is 49.9 Å². The Hall–Kier alpha value is -3.28. The summed E-state index contributed by atoms with van der Waals surface area (Å²) in [7, 11) is 1.60. The number of fused-ring (bicyclic) bond motifs is 1. The molecule has 1 N–H and O–H groups in total. The number of nitrogens with one attached hydrogen (secondary N) is 1. The van der Waals surface area contributed by atoms with E-state index in [1.165, 1.54) is 17.7 Å². The quantitative estimate of drug-likeness (QED) is 0.578. The molecule has 1 fully saturated rings. The minimum absolute atomic E-state index is 0.0366. The number of carbonyl (C=O) groups is 2. The first-order valence-electron chi connectivity index (χ1n) is 10.9. The highest BCUT2D eigenvalue weighted by Crippen LogP contribution is 2.35. The Bertz CT molecular complexity index is 977. The molecule has 2 aliphatic rings. The van der Waals surface area contributed by atoms with Gasteiger partial charge >= 0.3 is 0 Å². The van der Waals surface area contributed by atoms with Crippen LogP contribution in [0.2, 0.25) is 0 Å². The van der Waals surface area contributed by atoms with Gasteiger partial charge in [0.15, 0.2) is 11.5 Å². The van der Waals surface area contributed by atoms with E-state index < -0.39 is 0 Å². The van der Waals surface area contributed by atoms with Gasteiger partial charge in [-0.05, 0) is 48.7 Å². The number of anilines is 1. The summed E-state index contributed by atoms with van der Waals surface area (Å²) in [6.07, 6.45) is 8.40. The number of ether oxygens (including phenoxy) is 2. The van der Waals surface area contributed by atoms with Gasteiger partial charge in [-0.2, -0.15) is 0 Å². The van der Waals surface area contributed by atoms with Gasteiger partial charge in [0.2, 0.25) is 5.91 Å². The zero-order chi connectivity index (χ0) is 21.6. The van der Waals surface area contributed by atoms with E-state index in [0.29, 0.717) is 17.2 Å². The summed E-state index contributed by atoms with van der Waals surface area (Å²) in [6.45, 7) is -0.0366. The Morgan fingerprint density at radius 2 is 1.90 bits per heavy atom. The van der Waals surface area contributed by atoms with Gasteiger partial charge in [0, 0.05) is 6.04 Å². The van der Waals surface area contributed by atoms with E-state index in [9.17, 15) is 9.59 Å². The molecular formula is C25H28N2O4. The van der Waals surface area contributed by atoms with Gasteiger partial charge in [-0.3, -0.25) is 14.5 Å². The third kappa shape index (κ3) is 5.08. The average Bonchev–Trinajstić information content (AvgIpc) is 3.05. The molecule has 1 heterocycles. The van der Waals surface area contributed by atoms with Crippen LogP contribution in [0.1, 0.15) is 44.1 Å². The third-order valence-corrected chi connectivity index (χ3v) is 5.75. The van der Waals surface area contributed by atoms with E-state index in [0.717, 1.165) is 31.2 Å². The van der Waals surface area contributed by atoms with Crippen molar-refractivity contribution < 1.29 is 19.1 Å². The van der Waals surface area contributed by atoms with E-state index >= 15 is 0 Å². The fourth-order valence-electron chi connectivity index (χ4n) is 4.14. The van der Waals surface area contributed by atoms with E-state index in [4.69, 9.17) is 9.47 Å². The monoisotopic (exact) mass is 420 g/mol. The topological polar surface area (TPSA) is 67.9 Å². The van der Waals surface area contributed by atoms with Gasteiger partial charge in [-0.15, -0.1) is 0 Å². The molecule has 2 aromatic carbocycles. The van der Waals surface area contributed by atoms with Crippen molar-refractivity contribution in [1.29, 1.82) is 0 Å². The fourth-order valence-corrected chi connectivity index (χ4v) is 4.14. The van der Waals surface area contributed by atoms with Crippen LogP contribution in [0.25, 0.3) is 6.08 Å². The standard InChI is InChI=1S/C25H28N2O4/c1-30-20-12-8-9-18(15-20)16-23-25(29)27(21-13-6-7-14-22(21)31-23)17-24(28)26-19-10-4-2-3-5-11-19/h6-9,12-16,19H,2-5,10-11,17H2,1H3,(H,26,28)/b23-16+. The summed E-state index contributed by atoms with van der Waals surface area (Å²) < 4.78 is 11.2. The zero-order valence-electron chi connectivity index (χ0n) is 17.8. The maximum atomic E-state index is 13.3. The van der Waals surface area contributed by atoms with Crippen molar-refractivity contribution in [3.05, 3.63) is 59.9 Å². The lowest BCUT2D eigenvalue weighted by atomic mass is 10.1. The van der Waals surface area contributed by atoms with Gasteiger partial charge in [-0.25, -0.2) is 0 Å². The van der Waals surface area contributed by atoms with E-state index in [-0.39, 0.29) is 30.2 Å². The average molecular weight is 421 g/mol. The van der Waals surface area contributed by atoms with Crippen molar-refractivity contribution in [3.8, 4) is 11.5 Å². The molecule has 2 aromatic rings. The van der Waals surface area contributed by atoms with E-state index in [1.807, 2.05) is 36.4 Å². The van der Waals surface area contributed by atoms with Crippen LogP contribution in [0, 0.1) is 0 Å². The van der Waals surface area contributed by atoms with Crippen molar-refractivity contribution in [1.82, 2.24) is 5.32 Å². The van der Waals surface area contributed by atoms with Crippen molar-refractivity contribution in [3.63, 3.8) is 0 Å². The highest BCUT2D eigenvalue weighted by Gasteiger charge is 2.32. The van der Waals surface area contributed by atoms with Crippen molar-refractivity contribution in [2.75, 3.05) is 18.6 Å². The summed E-state index contributed by atoms with van der Waals surface area (Å²) in [4.78, 5) is 27.6. The Kier molecular flexibility index (Phi) is 6.55. The Morgan fingerprint density at radius 1 is 1.13 bits per heavy atom. The minimum atomic E-state index is -0.336. The molecule has 6 heteroatoms. The molecule has 6 nitrogen and oxygen atoms in total. The lowest BCUT2D eigenvalue weighted by Gasteiger charge is -2.30. The predicted molar refractivity (Wildman–Crippen MR) is 120 cm³/mol. The molecule has 2 amide bonds.